The number of phenolic OH excluding ortho intramolecular Hbond substituents is 1. The molecule has 5 heteroatoms. The summed E-state index contributed by atoms with van der Waals surface area (Å²) in [6.45, 7) is 4.83. The van der Waals surface area contributed by atoms with Crippen molar-refractivity contribution in [3.63, 3.8) is 0 Å². The topological polar surface area (TPSA) is 66.8 Å². The average molecular weight is 291 g/mol. The maximum atomic E-state index is 12.5. The maximum Gasteiger partial charge on any atom is 0.310 e. The van der Waals surface area contributed by atoms with E-state index in [1.807, 2.05) is 0 Å². The molecule has 1 amide bonds. The van der Waals surface area contributed by atoms with Gasteiger partial charge in [0.05, 0.1) is 18.1 Å². The Morgan fingerprint density at radius 1 is 1.43 bits per heavy atom. The van der Waals surface area contributed by atoms with Gasteiger partial charge in [-0.25, -0.2) is 0 Å². The lowest BCUT2D eigenvalue weighted by Gasteiger charge is -2.31. The first-order valence-corrected chi connectivity index (χ1v) is 7.29. The second kappa shape index (κ2) is 6.61. The molecule has 0 aromatic heterocycles. The van der Waals surface area contributed by atoms with Crippen LogP contribution in [0.4, 0.5) is 0 Å². The number of amides is 1. The Bertz CT molecular complexity index is 541. The predicted molar refractivity (Wildman–Crippen MR) is 78.1 cm³/mol. The molecule has 1 aliphatic heterocycles. The molecule has 1 N–H and O–H groups in total. The number of carbonyl (C=O) groups is 2. The molecule has 0 spiro atoms. The SMILES string of the molecule is CCOC(=O)[C@H]1CCCN(C(=O)c2cccc(C)c2O)C1. The Morgan fingerprint density at radius 2 is 2.19 bits per heavy atom. The van der Waals surface area contributed by atoms with Crippen LogP contribution in [0.1, 0.15) is 35.7 Å². The normalized spacial score (nSPS) is 18.4. The minimum absolute atomic E-state index is 0.0146. The van der Waals surface area contributed by atoms with E-state index in [0.717, 1.165) is 12.8 Å². The first-order valence-electron chi connectivity index (χ1n) is 7.29. The lowest BCUT2D eigenvalue weighted by Crippen LogP contribution is -2.42. The summed E-state index contributed by atoms with van der Waals surface area (Å²) in [6.07, 6.45) is 1.50. The van der Waals surface area contributed by atoms with Crippen LogP contribution in [0.5, 0.6) is 5.75 Å². The van der Waals surface area contributed by atoms with Crippen LogP contribution in [0.15, 0.2) is 18.2 Å². The summed E-state index contributed by atoms with van der Waals surface area (Å²) in [5.41, 5.74) is 0.958. The molecule has 21 heavy (non-hydrogen) atoms. The molecular weight excluding hydrogens is 270 g/mol. The van der Waals surface area contributed by atoms with Crippen molar-refractivity contribution in [2.75, 3.05) is 19.7 Å². The van der Waals surface area contributed by atoms with Gasteiger partial charge < -0.3 is 14.7 Å². The number of esters is 1. The Morgan fingerprint density at radius 3 is 2.90 bits per heavy atom. The molecule has 114 valence electrons. The van der Waals surface area contributed by atoms with Crippen molar-refractivity contribution in [3.8, 4) is 5.75 Å². The fourth-order valence-electron chi connectivity index (χ4n) is 2.62. The summed E-state index contributed by atoms with van der Waals surface area (Å²) in [5.74, 6) is -0.732. The molecule has 0 saturated carbocycles. The molecule has 1 atom stereocenters. The number of aryl methyl sites for hydroxylation is 1. The lowest BCUT2D eigenvalue weighted by molar-refractivity contribution is -0.149. The van der Waals surface area contributed by atoms with Crippen LogP contribution >= 0.6 is 0 Å². The van der Waals surface area contributed by atoms with Gasteiger partial charge in [-0.15, -0.1) is 0 Å². The summed E-state index contributed by atoms with van der Waals surface area (Å²) in [7, 11) is 0. The minimum Gasteiger partial charge on any atom is -0.507 e. The van der Waals surface area contributed by atoms with E-state index in [1.165, 1.54) is 0 Å². The van der Waals surface area contributed by atoms with E-state index in [9.17, 15) is 14.7 Å². The van der Waals surface area contributed by atoms with E-state index < -0.39 is 0 Å². The maximum absolute atomic E-state index is 12.5. The third kappa shape index (κ3) is 3.35. The number of para-hydroxylation sites is 1. The Labute approximate surface area is 124 Å². The summed E-state index contributed by atoms with van der Waals surface area (Å²) < 4.78 is 5.03. The van der Waals surface area contributed by atoms with Gasteiger partial charge in [-0.05, 0) is 38.3 Å². The molecule has 0 aliphatic carbocycles. The fourth-order valence-corrected chi connectivity index (χ4v) is 2.62. The van der Waals surface area contributed by atoms with Crippen LogP contribution in [-0.4, -0.2) is 41.6 Å². The van der Waals surface area contributed by atoms with Gasteiger partial charge in [-0.3, -0.25) is 9.59 Å². The van der Waals surface area contributed by atoms with Crippen LogP contribution in [0.3, 0.4) is 0 Å². The zero-order valence-electron chi connectivity index (χ0n) is 12.5. The number of rotatable bonds is 3. The van der Waals surface area contributed by atoms with Crippen LogP contribution in [-0.2, 0) is 9.53 Å². The molecule has 1 heterocycles. The Kier molecular flexibility index (Phi) is 4.83. The van der Waals surface area contributed by atoms with Crippen LogP contribution < -0.4 is 0 Å². The third-order valence-corrected chi connectivity index (χ3v) is 3.80. The number of aromatic hydroxyl groups is 1. The molecule has 0 unspecified atom stereocenters. The van der Waals surface area contributed by atoms with Crippen LogP contribution in [0, 0.1) is 12.8 Å². The van der Waals surface area contributed by atoms with Crippen molar-refractivity contribution < 1.29 is 19.4 Å². The van der Waals surface area contributed by atoms with E-state index in [0.29, 0.717) is 30.8 Å². The summed E-state index contributed by atoms with van der Waals surface area (Å²) in [5, 5.41) is 10.0. The van der Waals surface area contributed by atoms with Crippen molar-refractivity contribution >= 4 is 11.9 Å². The van der Waals surface area contributed by atoms with E-state index in [1.54, 1.807) is 36.9 Å². The molecule has 0 bridgehead atoms. The molecule has 5 nitrogen and oxygen atoms in total. The van der Waals surface area contributed by atoms with Gasteiger partial charge >= 0.3 is 5.97 Å². The summed E-state index contributed by atoms with van der Waals surface area (Å²) in [4.78, 5) is 26.0. The zero-order valence-corrected chi connectivity index (χ0v) is 12.5. The first-order chi connectivity index (χ1) is 10.0. The molecule has 1 aromatic carbocycles. The highest BCUT2D eigenvalue weighted by molar-refractivity contribution is 5.97. The number of nitrogens with zero attached hydrogens (tertiary/aromatic N) is 1. The minimum atomic E-state index is -0.269. The number of benzene rings is 1. The second-order valence-corrected chi connectivity index (χ2v) is 5.31. The van der Waals surface area contributed by atoms with Crippen LogP contribution in [0.2, 0.25) is 0 Å². The second-order valence-electron chi connectivity index (χ2n) is 5.31. The smallest absolute Gasteiger partial charge is 0.310 e. The van der Waals surface area contributed by atoms with E-state index in [2.05, 4.69) is 0 Å². The van der Waals surface area contributed by atoms with Crippen molar-refractivity contribution in [2.45, 2.75) is 26.7 Å². The molecule has 0 radical (unpaired) electrons. The number of piperidine rings is 1. The van der Waals surface area contributed by atoms with Crippen molar-refractivity contribution in [1.29, 1.82) is 0 Å². The quantitative estimate of drug-likeness (QED) is 0.866. The van der Waals surface area contributed by atoms with Crippen molar-refractivity contribution in [2.24, 2.45) is 5.92 Å². The molecule has 1 aliphatic rings. The standard InChI is InChI=1S/C16H21NO4/c1-3-21-16(20)12-7-5-9-17(10-12)15(19)13-8-4-6-11(2)14(13)18/h4,6,8,12,18H,3,5,7,9-10H2,1-2H3/t12-/m0/s1. The highest BCUT2D eigenvalue weighted by atomic mass is 16.5. The third-order valence-electron chi connectivity index (χ3n) is 3.80. The van der Waals surface area contributed by atoms with Crippen molar-refractivity contribution in [3.05, 3.63) is 29.3 Å². The van der Waals surface area contributed by atoms with E-state index >= 15 is 0 Å². The monoisotopic (exact) mass is 291 g/mol. The number of likely N-dealkylation sites (tertiary alicyclic amines) is 1. The largest absolute Gasteiger partial charge is 0.507 e. The van der Waals surface area contributed by atoms with Gasteiger partial charge in [0.15, 0.2) is 0 Å². The summed E-state index contributed by atoms with van der Waals surface area (Å²) in [6, 6.07) is 5.11. The average Bonchev–Trinajstić information content (AvgIpc) is 2.50. The van der Waals surface area contributed by atoms with E-state index in [-0.39, 0.29) is 23.5 Å². The van der Waals surface area contributed by atoms with Crippen LogP contribution in [0.25, 0.3) is 0 Å². The van der Waals surface area contributed by atoms with Gasteiger partial charge in [0, 0.05) is 13.1 Å². The number of hydrogen-bond acceptors (Lipinski definition) is 4. The number of phenols is 1. The highest BCUT2D eigenvalue weighted by Crippen LogP contribution is 2.25. The van der Waals surface area contributed by atoms with Crippen molar-refractivity contribution in [1.82, 2.24) is 4.90 Å². The first kappa shape index (κ1) is 15.4. The molecule has 1 saturated heterocycles. The zero-order chi connectivity index (χ0) is 15.4. The van der Waals surface area contributed by atoms with Gasteiger partial charge in [0.2, 0.25) is 0 Å². The fraction of sp³-hybridized carbons (Fsp3) is 0.500. The van der Waals surface area contributed by atoms with Gasteiger partial charge in [-0.2, -0.15) is 0 Å². The molecule has 1 fully saturated rings. The Hall–Kier alpha value is -2.04. The van der Waals surface area contributed by atoms with E-state index in [4.69, 9.17) is 4.74 Å². The molecular formula is C16H21NO4. The number of carbonyl (C=O) groups excluding carboxylic acids is 2. The van der Waals surface area contributed by atoms with Gasteiger partial charge in [0.1, 0.15) is 5.75 Å². The Balaban J connectivity index is 2.12. The lowest BCUT2D eigenvalue weighted by atomic mass is 9.97. The molecule has 2 rings (SSSR count). The van der Waals surface area contributed by atoms with Gasteiger partial charge in [0.25, 0.3) is 5.91 Å². The molecule has 1 aromatic rings. The highest BCUT2D eigenvalue weighted by Gasteiger charge is 2.30. The summed E-state index contributed by atoms with van der Waals surface area (Å²) >= 11 is 0. The van der Waals surface area contributed by atoms with Gasteiger partial charge in [-0.1, -0.05) is 12.1 Å². The number of ether oxygens (including phenoxy) is 1. The predicted octanol–water partition coefficient (Wildman–Crippen LogP) is 2.12. The number of hydrogen-bond donors (Lipinski definition) is 1.